The van der Waals surface area contributed by atoms with E-state index >= 15 is 0 Å². The molecule has 0 radical (unpaired) electrons. The first kappa shape index (κ1) is 15.7. The smallest absolute Gasteiger partial charge is 0.389 e. The summed E-state index contributed by atoms with van der Waals surface area (Å²) in [5.74, 6) is -1.29. The number of alkyl halides is 3. The van der Waals surface area contributed by atoms with Gasteiger partial charge < -0.3 is 11.1 Å². The first-order valence-electron chi connectivity index (χ1n) is 5.30. The van der Waals surface area contributed by atoms with Gasteiger partial charge in [-0.2, -0.15) is 13.2 Å². The molecule has 0 unspecified atom stereocenters. The van der Waals surface area contributed by atoms with Crippen molar-refractivity contribution < 1.29 is 22.4 Å². The van der Waals surface area contributed by atoms with Crippen LogP contribution in [0.4, 0.5) is 23.2 Å². The van der Waals surface area contributed by atoms with E-state index in [9.17, 15) is 22.4 Å². The number of halogens is 5. The molecule has 8 heteroatoms. The number of nitrogen functional groups attached to an aromatic ring is 1. The summed E-state index contributed by atoms with van der Waals surface area (Å²) in [6, 6.07) is 2.15. The maximum Gasteiger partial charge on any atom is 0.389 e. The van der Waals surface area contributed by atoms with Crippen LogP contribution >= 0.6 is 15.9 Å². The van der Waals surface area contributed by atoms with Crippen molar-refractivity contribution in [3.8, 4) is 0 Å². The average molecular weight is 343 g/mol. The molecule has 1 amide bonds. The van der Waals surface area contributed by atoms with E-state index in [1.807, 2.05) is 0 Å². The number of amides is 1. The van der Waals surface area contributed by atoms with Gasteiger partial charge in [-0.05, 0) is 34.5 Å². The fraction of sp³-hybridized carbons (Fsp3) is 0.364. The van der Waals surface area contributed by atoms with Crippen molar-refractivity contribution >= 4 is 27.5 Å². The van der Waals surface area contributed by atoms with E-state index in [1.165, 1.54) is 0 Å². The van der Waals surface area contributed by atoms with E-state index < -0.39 is 24.3 Å². The lowest BCUT2D eigenvalue weighted by Crippen LogP contribution is -2.26. The van der Waals surface area contributed by atoms with Gasteiger partial charge in [0, 0.05) is 17.4 Å². The summed E-state index contributed by atoms with van der Waals surface area (Å²) in [5.41, 5.74) is 5.18. The highest BCUT2D eigenvalue weighted by molar-refractivity contribution is 9.10. The standard InChI is InChI=1S/C11H11BrF4N2O/c12-7-5-8(13)9(17)4-6(7)10(19)18-3-1-2-11(14,15)16/h4-5H,1-3,17H2,(H,18,19). The van der Waals surface area contributed by atoms with Crippen LogP contribution < -0.4 is 11.1 Å². The fourth-order valence-corrected chi connectivity index (χ4v) is 1.82. The number of hydrogen-bond acceptors (Lipinski definition) is 2. The fourth-order valence-electron chi connectivity index (χ4n) is 1.33. The molecule has 1 aromatic rings. The summed E-state index contributed by atoms with van der Waals surface area (Å²) in [4.78, 5) is 11.7. The number of rotatable bonds is 4. The molecule has 0 aliphatic heterocycles. The van der Waals surface area contributed by atoms with E-state index in [0.717, 1.165) is 12.1 Å². The van der Waals surface area contributed by atoms with Crippen LogP contribution in [-0.2, 0) is 0 Å². The third-order valence-corrected chi connectivity index (χ3v) is 2.91. The van der Waals surface area contributed by atoms with E-state index in [1.54, 1.807) is 0 Å². The summed E-state index contributed by atoms with van der Waals surface area (Å²) in [7, 11) is 0. The second kappa shape index (κ2) is 6.23. The number of hydrogen-bond donors (Lipinski definition) is 2. The number of benzene rings is 1. The maximum absolute atomic E-state index is 13.0. The second-order valence-electron chi connectivity index (χ2n) is 3.83. The molecule has 0 spiro atoms. The molecule has 0 atom stereocenters. The largest absolute Gasteiger partial charge is 0.396 e. The van der Waals surface area contributed by atoms with E-state index in [2.05, 4.69) is 21.2 Å². The highest BCUT2D eigenvalue weighted by Gasteiger charge is 2.26. The van der Waals surface area contributed by atoms with Crippen LogP contribution in [0.15, 0.2) is 16.6 Å². The second-order valence-corrected chi connectivity index (χ2v) is 4.68. The minimum Gasteiger partial charge on any atom is -0.396 e. The summed E-state index contributed by atoms with van der Waals surface area (Å²) in [6.07, 6.45) is -5.44. The molecule has 0 aromatic heterocycles. The van der Waals surface area contributed by atoms with Crippen LogP contribution in [0.2, 0.25) is 0 Å². The lowest BCUT2D eigenvalue weighted by atomic mass is 10.2. The van der Waals surface area contributed by atoms with Gasteiger partial charge in [-0.1, -0.05) is 0 Å². The van der Waals surface area contributed by atoms with Crippen molar-refractivity contribution in [1.82, 2.24) is 5.32 Å². The molecule has 106 valence electrons. The lowest BCUT2D eigenvalue weighted by molar-refractivity contribution is -0.135. The van der Waals surface area contributed by atoms with Gasteiger partial charge in [-0.25, -0.2) is 4.39 Å². The van der Waals surface area contributed by atoms with Gasteiger partial charge in [0.1, 0.15) is 5.82 Å². The summed E-state index contributed by atoms with van der Waals surface area (Å²) in [6.45, 7) is -0.123. The predicted molar refractivity (Wildman–Crippen MR) is 66.1 cm³/mol. The number of nitrogens with two attached hydrogens (primary N) is 1. The molecule has 3 N–H and O–H groups in total. The normalized spacial score (nSPS) is 11.4. The van der Waals surface area contributed by atoms with Gasteiger partial charge in [0.15, 0.2) is 0 Å². The minimum atomic E-state index is -4.24. The topological polar surface area (TPSA) is 55.1 Å². The van der Waals surface area contributed by atoms with Gasteiger partial charge in [-0.3, -0.25) is 4.79 Å². The monoisotopic (exact) mass is 342 g/mol. The zero-order chi connectivity index (χ0) is 14.6. The Morgan fingerprint density at radius 2 is 2.00 bits per heavy atom. The van der Waals surface area contributed by atoms with Crippen molar-refractivity contribution in [2.24, 2.45) is 0 Å². The Bertz CT molecular complexity index is 476. The van der Waals surface area contributed by atoms with E-state index in [4.69, 9.17) is 5.73 Å². The maximum atomic E-state index is 13.0. The summed E-state index contributed by atoms with van der Waals surface area (Å²) in [5, 5.41) is 2.31. The van der Waals surface area contributed by atoms with Crippen LogP contribution in [0, 0.1) is 5.82 Å². The molecule has 1 aromatic carbocycles. The predicted octanol–water partition coefficient (Wildman–Crippen LogP) is 3.24. The summed E-state index contributed by atoms with van der Waals surface area (Å²) < 4.78 is 48.9. The molecule has 0 bridgehead atoms. The lowest BCUT2D eigenvalue weighted by Gasteiger charge is -2.09. The van der Waals surface area contributed by atoms with Crippen molar-refractivity contribution in [3.63, 3.8) is 0 Å². The van der Waals surface area contributed by atoms with Gasteiger partial charge in [0.05, 0.1) is 11.3 Å². The van der Waals surface area contributed by atoms with Crippen LogP contribution in [0.1, 0.15) is 23.2 Å². The Balaban J connectivity index is 2.57. The molecular weight excluding hydrogens is 332 g/mol. The molecule has 0 saturated heterocycles. The molecule has 0 fully saturated rings. The Kier molecular flexibility index (Phi) is 5.16. The van der Waals surface area contributed by atoms with Crippen molar-refractivity contribution in [1.29, 1.82) is 0 Å². The van der Waals surface area contributed by atoms with Crippen LogP contribution in [0.3, 0.4) is 0 Å². The van der Waals surface area contributed by atoms with E-state index in [-0.39, 0.29) is 28.7 Å². The third kappa shape index (κ3) is 5.06. The third-order valence-electron chi connectivity index (χ3n) is 2.25. The van der Waals surface area contributed by atoms with Crippen molar-refractivity contribution in [2.45, 2.75) is 19.0 Å². The molecule has 1 rings (SSSR count). The van der Waals surface area contributed by atoms with Gasteiger partial charge in [-0.15, -0.1) is 0 Å². The number of carbonyl (C=O) groups is 1. The van der Waals surface area contributed by atoms with E-state index in [0.29, 0.717) is 0 Å². The first-order valence-corrected chi connectivity index (χ1v) is 6.09. The van der Waals surface area contributed by atoms with Crippen LogP contribution in [-0.4, -0.2) is 18.6 Å². The molecule has 0 heterocycles. The Morgan fingerprint density at radius 1 is 1.37 bits per heavy atom. The first-order chi connectivity index (χ1) is 8.70. The number of nitrogens with one attached hydrogen (secondary N) is 1. The SMILES string of the molecule is Nc1cc(C(=O)NCCCC(F)(F)F)c(Br)cc1F. The highest BCUT2D eigenvalue weighted by Crippen LogP contribution is 2.23. The zero-order valence-corrected chi connectivity index (χ0v) is 11.2. The molecular formula is C11H11BrF4N2O. The van der Waals surface area contributed by atoms with Crippen molar-refractivity contribution in [2.75, 3.05) is 12.3 Å². The quantitative estimate of drug-likeness (QED) is 0.501. The van der Waals surface area contributed by atoms with Crippen LogP contribution in [0.5, 0.6) is 0 Å². The molecule has 0 saturated carbocycles. The Hall–Kier alpha value is -1.31. The molecule has 0 aliphatic carbocycles. The average Bonchev–Trinajstić information content (AvgIpc) is 2.28. The van der Waals surface area contributed by atoms with Gasteiger partial charge in [0.25, 0.3) is 5.91 Å². The summed E-state index contributed by atoms with van der Waals surface area (Å²) >= 11 is 2.99. The number of anilines is 1. The van der Waals surface area contributed by atoms with Gasteiger partial charge in [0.2, 0.25) is 0 Å². The molecule has 19 heavy (non-hydrogen) atoms. The minimum absolute atomic E-state index is 0.0749. The molecule has 3 nitrogen and oxygen atoms in total. The van der Waals surface area contributed by atoms with Gasteiger partial charge >= 0.3 is 6.18 Å². The Labute approximate surface area is 115 Å². The van der Waals surface area contributed by atoms with Crippen LogP contribution in [0.25, 0.3) is 0 Å². The zero-order valence-electron chi connectivity index (χ0n) is 9.65. The molecule has 0 aliphatic rings. The number of carbonyl (C=O) groups excluding carboxylic acids is 1. The van der Waals surface area contributed by atoms with Crippen molar-refractivity contribution in [3.05, 3.63) is 28.0 Å². The Morgan fingerprint density at radius 3 is 2.58 bits per heavy atom. The highest BCUT2D eigenvalue weighted by atomic mass is 79.9.